The number of rotatable bonds is 3. The van der Waals surface area contributed by atoms with Crippen LogP contribution in [0.15, 0.2) is 51.8 Å². The van der Waals surface area contributed by atoms with E-state index >= 15 is 0 Å². The van der Waals surface area contributed by atoms with Crippen molar-refractivity contribution in [1.29, 1.82) is 0 Å². The lowest BCUT2D eigenvalue weighted by atomic mass is 9.89. The molecule has 2 aromatic heterocycles. The minimum Gasteiger partial charge on any atom is -0.339 e. The van der Waals surface area contributed by atoms with Gasteiger partial charge in [0.15, 0.2) is 5.82 Å². The monoisotopic (exact) mass is 365 g/mol. The van der Waals surface area contributed by atoms with E-state index < -0.39 is 0 Å². The molecule has 1 saturated heterocycles. The van der Waals surface area contributed by atoms with Crippen LogP contribution in [0.1, 0.15) is 39.6 Å². The van der Waals surface area contributed by atoms with Crippen LogP contribution in [0, 0.1) is 6.92 Å². The van der Waals surface area contributed by atoms with Crippen molar-refractivity contribution < 1.29 is 9.32 Å². The molecule has 138 valence electrons. The normalized spacial score (nSPS) is 19.4. The van der Waals surface area contributed by atoms with E-state index in [4.69, 9.17) is 4.52 Å². The van der Waals surface area contributed by atoms with E-state index in [1.165, 1.54) is 19.2 Å². The summed E-state index contributed by atoms with van der Waals surface area (Å²) in [4.78, 5) is 30.6. The maximum absolute atomic E-state index is 13.0. The van der Waals surface area contributed by atoms with Crippen molar-refractivity contribution in [3.63, 3.8) is 0 Å². The van der Waals surface area contributed by atoms with E-state index in [9.17, 15) is 9.59 Å². The predicted molar refractivity (Wildman–Crippen MR) is 96.3 cm³/mol. The molecular weight excluding hydrogens is 346 g/mol. The molecule has 1 amide bonds. The van der Waals surface area contributed by atoms with Crippen molar-refractivity contribution in [2.45, 2.75) is 18.8 Å². The minimum atomic E-state index is -0.255. The summed E-state index contributed by atoms with van der Waals surface area (Å²) in [6.07, 6.45) is 0. The molecule has 0 saturated carbocycles. The van der Waals surface area contributed by atoms with Gasteiger partial charge in [0.05, 0.1) is 5.92 Å². The zero-order chi connectivity index (χ0) is 19.0. The number of benzene rings is 1. The van der Waals surface area contributed by atoms with Crippen LogP contribution < -0.4 is 5.56 Å². The van der Waals surface area contributed by atoms with Crippen LogP contribution in [-0.2, 0) is 7.05 Å². The molecule has 3 aromatic rings. The molecule has 1 aliphatic heterocycles. The zero-order valence-electron chi connectivity index (χ0n) is 15.1. The van der Waals surface area contributed by atoms with Gasteiger partial charge in [-0.15, -0.1) is 0 Å². The number of amides is 1. The number of nitrogens with zero attached hydrogens (tertiary/aromatic N) is 5. The number of hydrogen-bond acceptors (Lipinski definition) is 6. The first-order chi connectivity index (χ1) is 13.0. The third-order valence-corrected chi connectivity index (χ3v) is 4.87. The zero-order valence-corrected chi connectivity index (χ0v) is 15.1. The van der Waals surface area contributed by atoms with Crippen LogP contribution in [0.3, 0.4) is 0 Å². The molecule has 0 unspecified atom stereocenters. The Hall–Kier alpha value is -3.29. The first kappa shape index (κ1) is 17.1. The molecule has 0 aliphatic carbocycles. The molecule has 27 heavy (non-hydrogen) atoms. The molecular formula is C19H19N5O3. The summed E-state index contributed by atoms with van der Waals surface area (Å²) in [6.45, 7) is 2.74. The average molecular weight is 365 g/mol. The van der Waals surface area contributed by atoms with Crippen molar-refractivity contribution in [2.75, 3.05) is 13.1 Å². The van der Waals surface area contributed by atoms with Crippen molar-refractivity contribution in [3.8, 4) is 0 Å². The van der Waals surface area contributed by atoms with Crippen LogP contribution in [0.2, 0.25) is 0 Å². The van der Waals surface area contributed by atoms with Gasteiger partial charge in [0, 0.05) is 32.1 Å². The standard InChI is InChI=1S/C19H19N5O3/c1-12-20-18(27-22-12)15-11-24(10-14(15)13-6-4-3-5-7-13)19(26)16-8-9-17(25)23(2)21-16/h3-9,14-15H,10-11H2,1-2H3/t14-,15+/m1/s1. The Bertz CT molecular complexity index is 1030. The van der Waals surface area contributed by atoms with Gasteiger partial charge in [0.25, 0.3) is 11.5 Å². The van der Waals surface area contributed by atoms with Crippen molar-refractivity contribution in [3.05, 3.63) is 75.8 Å². The van der Waals surface area contributed by atoms with Gasteiger partial charge in [0.2, 0.25) is 5.89 Å². The quantitative estimate of drug-likeness (QED) is 0.698. The van der Waals surface area contributed by atoms with Gasteiger partial charge in [-0.05, 0) is 18.6 Å². The molecule has 0 spiro atoms. The van der Waals surface area contributed by atoms with Crippen LogP contribution in [-0.4, -0.2) is 43.8 Å². The highest BCUT2D eigenvalue weighted by atomic mass is 16.5. The van der Waals surface area contributed by atoms with E-state index in [-0.39, 0.29) is 29.0 Å². The lowest BCUT2D eigenvalue weighted by molar-refractivity contribution is 0.0779. The predicted octanol–water partition coefficient (Wildman–Crippen LogP) is 1.50. The molecule has 2 atom stereocenters. The van der Waals surface area contributed by atoms with Gasteiger partial charge in [-0.2, -0.15) is 10.1 Å². The first-order valence-corrected chi connectivity index (χ1v) is 8.71. The third-order valence-electron chi connectivity index (χ3n) is 4.87. The highest BCUT2D eigenvalue weighted by Crippen LogP contribution is 2.39. The second-order valence-corrected chi connectivity index (χ2v) is 6.69. The summed E-state index contributed by atoms with van der Waals surface area (Å²) >= 11 is 0. The fraction of sp³-hybridized carbons (Fsp3) is 0.316. The van der Waals surface area contributed by atoms with Gasteiger partial charge in [-0.3, -0.25) is 9.59 Å². The molecule has 8 nitrogen and oxygen atoms in total. The number of carbonyl (C=O) groups is 1. The fourth-order valence-corrected chi connectivity index (χ4v) is 3.50. The number of likely N-dealkylation sites (tertiary alicyclic amines) is 1. The third kappa shape index (κ3) is 3.25. The Morgan fingerprint density at radius 2 is 1.85 bits per heavy atom. The Morgan fingerprint density at radius 3 is 2.52 bits per heavy atom. The fourth-order valence-electron chi connectivity index (χ4n) is 3.50. The van der Waals surface area contributed by atoms with Crippen molar-refractivity contribution in [1.82, 2.24) is 24.8 Å². The first-order valence-electron chi connectivity index (χ1n) is 8.71. The molecule has 1 fully saturated rings. The summed E-state index contributed by atoms with van der Waals surface area (Å²) in [5.74, 6) is 0.837. The van der Waals surface area contributed by atoms with E-state index in [1.807, 2.05) is 30.3 Å². The Balaban J connectivity index is 1.66. The van der Waals surface area contributed by atoms with Crippen LogP contribution in [0.5, 0.6) is 0 Å². The number of carbonyl (C=O) groups excluding carboxylic acids is 1. The smallest absolute Gasteiger partial charge is 0.274 e. The maximum Gasteiger partial charge on any atom is 0.274 e. The van der Waals surface area contributed by atoms with Crippen LogP contribution >= 0.6 is 0 Å². The largest absolute Gasteiger partial charge is 0.339 e. The minimum absolute atomic E-state index is 0.0440. The average Bonchev–Trinajstić information content (AvgIpc) is 3.30. The van der Waals surface area contributed by atoms with Gasteiger partial charge in [-0.1, -0.05) is 35.5 Å². The van der Waals surface area contributed by atoms with Crippen molar-refractivity contribution >= 4 is 5.91 Å². The lowest BCUT2D eigenvalue weighted by Crippen LogP contribution is -2.32. The van der Waals surface area contributed by atoms with E-state index in [1.54, 1.807) is 11.8 Å². The summed E-state index contributed by atoms with van der Waals surface area (Å²) in [6, 6.07) is 12.8. The molecule has 3 heterocycles. The summed E-state index contributed by atoms with van der Waals surface area (Å²) in [7, 11) is 1.53. The van der Waals surface area contributed by atoms with Gasteiger partial charge >= 0.3 is 0 Å². The maximum atomic E-state index is 13.0. The summed E-state index contributed by atoms with van der Waals surface area (Å²) in [5, 5.41) is 7.98. The summed E-state index contributed by atoms with van der Waals surface area (Å²) < 4.78 is 6.57. The second-order valence-electron chi connectivity index (χ2n) is 6.69. The highest BCUT2D eigenvalue weighted by molar-refractivity contribution is 5.92. The van der Waals surface area contributed by atoms with Gasteiger partial charge in [-0.25, -0.2) is 4.68 Å². The number of hydrogen-bond donors (Lipinski definition) is 0. The van der Waals surface area contributed by atoms with Crippen LogP contribution in [0.4, 0.5) is 0 Å². The number of aryl methyl sites for hydroxylation is 2. The van der Waals surface area contributed by atoms with Crippen molar-refractivity contribution in [2.24, 2.45) is 7.05 Å². The molecule has 0 N–H and O–H groups in total. The SMILES string of the molecule is Cc1noc([C@H]2CN(C(=O)c3ccc(=O)n(C)n3)C[C@@H]2c2ccccc2)n1. The van der Waals surface area contributed by atoms with E-state index in [0.717, 1.165) is 10.2 Å². The van der Waals surface area contributed by atoms with Gasteiger partial charge in [0.1, 0.15) is 5.69 Å². The van der Waals surface area contributed by atoms with E-state index in [0.29, 0.717) is 24.8 Å². The highest BCUT2D eigenvalue weighted by Gasteiger charge is 2.40. The van der Waals surface area contributed by atoms with Crippen LogP contribution in [0.25, 0.3) is 0 Å². The lowest BCUT2D eigenvalue weighted by Gasteiger charge is -2.16. The Labute approximate surface area is 155 Å². The summed E-state index contributed by atoms with van der Waals surface area (Å²) in [5.41, 5.74) is 1.10. The molecule has 1 aromatic carbocycles. The molecule has 0 radical (unpaired) electrons. The Kier molecular flexibility index (Phi) is 4.31. The van der Waals surface area contributed by atoms with E-state index in [2.05, 4.69) is 15.2 Å². The molecule has 4 rings (SSSR count). The second kappa shape index (κ2) is 6.79. The van der Waals surface area contributed by atoms with Gasteiger partial charge < -0.3 is 9.42 Å². The molecule has 1 aliphatic rings. The number of aromatic nitrogens is 4. The Morgan fingerprint density at radius 1 is 1.11 bits per heavy atom. The molecule has 0 bridgehead atoms. The topological polar surface area (TPSA) is 94.1 Å². The molecule has 8 heteroatoms.